The Morgan fingerprint density at radius 1 is 0.739 bits per heavy atom. The predicted octanol–water partition coefficient (Wildman–Crippen LogP) is 4.52. The van der Waals surface area contributed by atoms with Gasteiger partial charge in [-0.15, -0.1) is 0 Å². The van der Waals surface area contributed by atoms with Crippen LogP contribution in [-0.4, -0.2) is 29.2 Å². The van der Waals surface area contributed by atoms with Crippen molar-refractivity contribution in [2.24, 2.45) is 0 Å². The average Bonchev–Trinajstić information content (AvgIpc) is 2.38. The van der Waals surface area contributed by atoms with Gasteiger partial charge in [0.1, 0.15) is 0 Å². The number of rotatable bonds is 12. The summed E-state index contributed by atoms with van der Waals surface area (Å²) in [6.07, 6.45) is 19.0. The Morgan fingerprint density at radius 3 is 1.43 bits per heavy atom. The van der Waals surface area contributed by atoms with E-state index in [0.29, 0.717) is 0 Å². The monoisotopic (exact) mass is 358 g/mol. The minimum Gasteiger partial charge on any atom is -0.392 e. The van der Waals surface area contributed by atoms with Crippen molar-refractivity contribution in [1.29, 1.82) is 0 Å². The summed E-state index contributed by atoms with van der Waals surface area (Å²) in [6, 6.07) is 0. The normalized spacial score (nSPS) is 10.4. The lowest BCUT2D eigenvalue weighted by molar-refractivity contribution is 0.342. The van der Waals surface area contributed by atoms with Crippen LogP contribution in [0.1, 0.15) is 77.6 Å². The molecule has 9 N–H and O–H groups in total. The fraction of sp³-hybridized carbons (Fsp3) is 0.867. The van der Waals surface area contributed by atoms with Crippen molar-refractivity contribution in [2.45, 2.75) is 77.6 Å². The minimum absolute atomic E-state index is 0. The third kappa shape index (κ3) is 52.3. The predicted molar refractivity (Wildman–Crippen MR) is 96.9 cm³/mol. The van der Waals surface area contributed by atoms with Gasteiger partial charge in [0.05, 0.1) is 6.61 Å². The molecule has 144 valence electrons. The molecule has 0 saturated heterocycles. The molecule has 0 aliphatic rings. The first-order valence-electron chi connectivity index (χ1n) is 7.87. The molecule has 0 saturated carbocycles. The van der Waals surface area contributed by atoms with E-state index in [1.807, 2.05) is 6.08 Å². The summed E-state index contributed by atoms with van der Waals surface area (Å²) >= 11 is 0. The molecule has 0 heterocycles. The lowest BCUT2D eigenvalue weighted by atomic mass is 10.1. The SMILES string of the molecule is CCCCCCCCCCCCC=CCO.N.N.O=S(=O)(O)O. The van der Waals surface area contributed by atoms with E-state index in [0.717, 1.165) is 6.42 Å². The molecule has 0 spiro atoms. The van der Waals surface area contributed by atoms with Crippen molar-refractivity contribution in [3.05, 3.63) is 12.2 Å². The van der Waals surface area contributed by atoms with Crippen molar-refractivity contribution < 1.29 is 22.6 Å². The summed E-state index contributed by atoms with van der Waals surface area (Å²) in [5, 5.41) is 8.54. The molecular formula is C15H38N2O5S. The number of aliphatic hydroxyl groups excluding tert-OH is 1. The van der Waals surface area contributed by atoms with Crippen LogP contribution in [0.15, 0.2) is 12.2 Å². The Bertz CT molecular complexity index is 314. The second kappa shape index (κ2) is 23.8. The molecule has 0 bridgehead atoms. The van der Waals surface area contributed by atoms with Crippen molar-refractivity contribution in [3.8, 4) is 0 Å². The number of aliphatic hydroxyl groups is 1. The molecule has 0 aromatic carbocycles. The van der Waals surface area contributed by atoms with Crippen LogP contribution in [0.3, 0.4) is 0 Å². The Balaban J connectivity index is -0.000000225. The number of hydrogen-bond donors (Lipinski definition) is 5. The van der Waals surface area contributed by atoms with Gasteiger partial charge in [-0.2, -0.15) is 8.42 Å². The van der Waals surface area contributed by atoms with E-state index < -0.39 is 10.4 Å². The second-order valence-electron chi connectivity index (χ2n) is 5.07. The zero-order valence-corrected chi connectivity index (χ0v) is 15.4. The van der Waals surface area contributed by atoms with Gasteiger partial charge < -0.3 is 17.4 Å². The van der Waals surface area contributed by atoms with E-state index in [-0.39, 0.29) is 18.9 Å². The maximum atomic E-state index is 8.74. The standard InChI is InChI=1S/C15H30O.2H3N.H2O4S/c1-2-3-4-5-6-7-8-9-10-11-12-13-14-15-16;;;1-5(2,3)4/h13-14,16H,2-12,15H2,1H3;2*1H3;(H2,1,2,3,4). The van der Waals surface area contributed by atoms with Crippen LogP contribution >= 0.6 is 0 Å². The summed E-state index contributed by atoms with van der Waals surface area (Å²) in [7, 11) is -4.67. The molecule has 0 rings (SSSR count). The highest BCUT2D eigenvalue weighted by molar-refractivity contribution is 7.79. The third-order valence-electron chi connectivity index (χ3n) is 3.00. The highest BCUT2D eigenvalue weighted by atomic mass is 32.3. The molecule has 0 atom stereocenters. The lowest BCUT2D eigenvalue weighted by Gasteiger charge is -2.01. The zero-order chi connectivity index (χ0) is 16.4. The quantitative estimate of drug-likeness (QED) is 0.194. The Kier molecular flexibility index (Phi) is 31.4. The van der Waals surface area contributed by atoms with E-state index in [1.54, 1.807) is 0 Å². The lowest BCUT2D eigenvalue weighted by Crippen LogP contribution is -1.89. The van der Waals surface area contributed by atoms with Gasteiger partial charge in [0.2, 0.25) is 0 Å². The van der Waals surface area contributed by atoms with Crippen LogP contribution in [0.4, 0.5) is 0 Å². The third-order valence-corrected chi connectivity index (χ3v) is 3.00. The maximum absolute atomic E-state index is 8.74. The number of hydrogen-bond acceptors (Lipinski definition) is 5. The van der Waals surface area contributed by atoms with Gasteiger partial charge in [0.15, 0.2) is 0 Å². The molecule has 0 unspecified atom stereocenters. The fourth-order valence-electron chi connectivity index (χ4n) is 1.94. The molecule has 0 aliphatic heterocycles. The van der Waals surface area contributed by atoms with Crippen LogP contribution in [0.2, 0.25) is 0 Å². The topological polar surface area (TPSA) is 165 Å². The highest BCUT2D eigenvalue weighted by Gasteiger charge is 1.91. The highest BCUT2D eigenvalue weighted by Crippen LogP contribution is 2.11. The molecule has 7 nitrogen and oxygen atoms in total. The first-order valence-corrected chi connectivity index (χ1v) is 9.27. The van der Waals surface area contributed by atoms with Gasteiger partial charge in [-0.25, -0.2) is 0 Å². The minimum atomic E-state index is -4.67. The van der Waals surface area contributed by atoms with E-state index in [4.69, 9.17) is 22.6 Å². The Morgan fingerprint density at radius 2 is 1.09 bits per heavy atom. The maximum Gasteiger partial charge on any atom is 0.394 e. The van der Waals surface area contributed by atoms with Crippen molar-refractivity contribution in [1.82, 2.24) is 12.3 Å². The van der Waals surface area contributed by atoms with Gasteiger partial charge >= 0.3 is 10.4 Å². The Hall–Kier alpha value is -0.510. The van der Waals surface area contributed by atoms with E-state index in [2.05, 4.69) is 13.0 Å². The van der Waals surface area contributed by atoms with E-state index in [1.165, 1.54) is 64.2 Å². The second-order valence-corrected chi connectivity index (χ2v) is 5.97. The van der Waals surface area contributed by atoms with Crippen LogP contribution in [0, 0.1) is 0 Å². The molecule has 0 aromatic heterocycles. The van der Waals surface area contributed by atoms with Crippen LogP contribution in [-0.2, 0) is 10.4 Å². The van der Waals surface area contributed by atoms with Crippen LogP contribution in [0.25, 0.3) is 0 Å². The molecular weight excluding hydrogens is 320 g/mol. The molecule has 0 aliphatic carbocycles. The first-order chi connectivity index (χ1) is 9.91. The van der Waals surface area contributed by atoms with Gasteiger partial charge in [-0.3, -0.25) is 9.11 Å². The van der Waals surface area contributed by atoms with Gasteiger partial charge in [-0.1, -0.05) is 76.9 Å². The van der Waals surface area contributed by atoms with Gasteiger partial charge in [0.25, 0.3) is 0 Å². The van der Waals surface area contributed by atoms with Crippen molar-refractivity contribution in [3.63, 3.8) is 0 Å². The molecule has 0 radical (unpaired) electrons. The van der Waals surface area contributed by atoms with Crippen LogP contribution in [0.5, 0.6) is 0 Å². The van der Waals surface area contributed by atoms with E-state index in [9.17, 15) is 0 Å². The summed E-state index contributed by atoms with van der Waals surface area (Å²) in [4.78, 5) is 0. The molecule has 23 heavy (non-hydrogen) atoms. The summed E-state index contributed by atoms with van der Waals surface area (Å²) in [6.45, 7) is 2.46. The summed E-state index contributed by atoms with van der Waals surface area (Å²) in [5.74, 6) is 0. The molecule has 8 heteroatoms. The van der Waals surface area contributed by atoms with Crippen molar-refractivity contribution in [2.75, 3.05) is 6.61 Å². The Labute approximate surface area is 142 Å². The molecule has 0 fully saturated rings. The average molecular weight is 359 g/mol. The summed E-state index contributed by atoms with van der Waals surface area (Å²) < 4.78 is 31.6. The summed E-state index contributed by atoms with van der Waals surface area (Å²) in [5.41, 5.74) is 0. The fourth-order valence-corrected chi connectivity index (χ4v) is 1.94. The van der Waals surface area contributed by atoms with Crippen molar-refractivity contribution >= 4 is 10.4 Å². The largest absolute Gasteiger partial charge is 0.394 e. The first kappa shape index (κ1) is 30.4. The van der Waals surface area contributed by atoms with Gasteiger partial charge in [0, 0.05) is 0 Å². The van der Waals surface area contributed by atoms with E-state index >= 15 is 0 Å². The molecule has 0 amide bonds. The number of unbranched alkanes of at least 4 members (excludes halogenated alkanes) is 10. The van der Waals surface area contributed by atoms with Crippen LogP contribution < -0.4 is 12.3 Å². The molecule has 0 aromatic rings. The number of allylic oxidation sites excluding steroid dienone is 1. The zero-order valence-electron chi connectivity index (χ0n) is 14.6. The smallest absolute Gasteiger partial charge is 0.392 e. The van der Waals surface area contributed by atoms with Gasteiger partial charge in [-0.05, 0) is 12.8 Å².